The average molecular weight is 227 g/mol. The Bertz CT molecular complexity index is 291. The number of amides is 1. The number of carbonyl (C=O) groups excluding carboxylic acids is 1. The number of hydrogen-bond acceptors (Lipinski definition) is 3. The van der Waals surface area contributed by atoms with E-state index >= 15 is 0 Å². The van der Waals surface area contributed by atoms with Crippen molar-refractivity contribution < 1.29 is 14.6 Å². The Morgan fingerprint density at radius 3 is 2.50 bits per heavy atom. The molecule has 2 aliphatic rings. The monoisotopic (exact) mass is 227 g/mol. The normalized spacial score (nSPS) is 28.0. The first kappa shape index (κ1) is 11.7. The van der Waals surface area contributed by atoms with E-state index < -0.39 is 5.60 Å². The summed E-state index contributed by atoms with van der Waals surface area (Å²) in [6.07, 6.45) is 2.95. The summed E-state index contributed by atoms with van der Waals surface area (Å²) >= 11 is 0. The molecule has 1 amide bonds. The number of aliphatic hydroxyl groups excluding tert-OH is 1. The third-order valence-corrected chi connectivity index (χ3v) is 3.62. The van der Waals surface area contributed by atoms with Crippen LogP contribution in [-0.2, 0) is 4.74 Å². The maximum absolute atomic E-state index is 12.0. The van der Waals surface area contributed by atoms with Crippen LogP contribution in [0, 0.1) is 0 Å². The minimum atomic E-state index is -0.463. The lowest BCUT2D eigenvalue weighted by atomic mass is 9.73. The molecule has 1 heterocycles. The van der Waals surface area contributed by atoms with Crippen molar-refractivity contribution in [3.63, 3.8) is 0 Å². The summed E-state index contributed by atoms with van der Waals surface area (Å²) < 4.78 is 5.38. The summed E-state index contributed by atoms with van der Waals surface area (Å²) in [7, 11) is 0. The number of aliphatic hydroxyl groups is 1. The lowest BCUT2D eigenvalue weighted by Gasteiger charge is -2.47. The fraction of sp³-hybridized carbons (Fsp3) is 0.917. The minimum absolute atomic E-state index is 0.274. The molecule has 92 valence electrons. The predicted octanol–water partition coefficient (Wildman–Crippen LogP) is 1.91. The Kier molecular flexibility index (Phi) is 2.65. The van der Waals surface area contributed by atoms with Gasteiger partial charge >= 0.3 is 6.09 Å². The summed E-state index contributed by atoms with van der Waals surface area (Å²) in [6.45, 7) is 6.22. The highest BCUT2D eigenvalue weighted by molar-refractivity contribution is 5.70. The second-order valence-corrected chi connectivity index (χ2v) is 5.89. The van der Waals surface area contributed by atoms with Crippen molar-refractivity contribution in [3.8, 4) is 0 Å². The van der Waals surface area contributed by atoms with Gasteiger partial charge in [0.25, 0.3) is 0 Å². The van der Waals surface area contributed by atoms with Gasteiger partial charge in [-0.2, -0.15) is 0 Å². The van der Waals surface area contributed by atoms with E-state index in [0.29, 0.717) is 13.0 Å². The predicted molar refractivity (Wildman–Crippen MR) is 60.1 cm³/mol. The minimum Gasteiger partial charge on any atom is -0.444 e. The first-order valence-electron chi connectivity index (χ1n) is 6.04. The molecule has 1 saturated heterocycles. The first-order valence-corrected chi connectivity index (χ1v) is 6.04. The van der Waals surface area contributed by atoms with Crippen LogP contribution in [0.5, 0.6) is 0 Å². The van der Waals surface area contributed by atoms with Gasteiger partial charge in [-0.05, 0) is 46.5 Å². The van der Waals surface area contributed by atoms with E-state index in [1.807, 2.05) is 20.8 Å². The molecule has 0 radical (unpaired) electrons. The van der Waals surface area contributed by atoms with Crippen molar-refractivity contribution in [3.05, 3.63) is 0 Å². The zero-order valence-electron chi connectivity index (χ0n) is 10.3. The summed E-state index contributed by atoms with van der Waals surface area (Å²) in [6, 6.07) is 0. The second kappa shape index (κ2) is 3.62. The molecular formula is C12H21NO3. The van der Waals surface area contributed by atoms with Gasteiger partial charge in [0.1, 0.15) is 5.60 Å². The maximum atomic E-state index is 12.0. The van der Waals surface area contributed by atoms with Gasteiger partial charge in [0.05, 0.1) is 11.6 Å². The Morgan fingerprint density at radius 1 is 1.44 bits per heavy atom. The zero-order chi connectivity index (χ0) is 12.0. The Balaban J connectivity index is 2.07. The molecule has 0 aromatic heterocycles. The van der Waals surface area contributed by atoms with Crippen LogP contribution in [-0.4, -0.2) is 39.9 Å². The largest absolute Gasteiger partial charge is 0.444 e. The maximum Gasteiger partial charge on any atom is 0.410 e. The highest BCUT2D eigenvalue weighted by atomic mass is 16.6. The fourth-order valence-electron chi connectivity index (χ4n) is 2.65. The van der Waals surface area contributed by atoms with E-state index in [-0.39, 0.29) is 17.7 Å². The number of ether oxygens (including phenoxy) is 1. The van der Waals surface area contributed by atoms with Gasteiger partial charge in [-0.15, -0.1) is 0 Å². The number of rotatable bonds is 0. The van der Waals surface area contributed by atoms with Crippen LogP contribution in [0.4, 0.5) is 4.79 Å². The van der Waals surface area contributed by atoms with Crippen LogP contribution in [0.15, 0.2) is 0 Å². The second-order valence-electron chi connectivity index (χ2n) is 5.89. The van der Waals surface area contributed by atoms with Crippen molar-refractivity contribution >= 4 is 6.09 Å². The molecular weight excluding hydrogens is 206 g/mol. The molecule has 16 heavy (non-hydrogen) atoms. The lowest BCUT2D eigenvalue weighted by Crippen LogP contribution is -2.58. The molecule has 1 aliphatic heterocycles. The summed E-state index contributed by atoms with van der Waals surface area (Å²) in [5.41, 5.74) is -0.766. The van der Waals surface area contributed by atoms with E-state index in [1.165, 1.54) is 0 Å². The molecule has 1 N–H and O–H groups in total. The van der Waals surface area contributed by atoms with Crippen LogP contribution in [0.3, 0.4) is 0 Å². The summed E-state index contributed by atoms with van der Waals surface area (Å²) in [5, 5.41) is 9.97. The molecule has 2 rings (SSSR count). The van der Waals surface area contributed by atoms with Gasteiger partial charge in [0.2, 0.25) is 0 Å². The highest BCUT2D eigenvalue weighted by Gasteiger charge is 2.54. The SMILES string of the molecule is CC(C)(C)OC(=O)N1CC[C@@H](O)C12CCC2. The van der Waals surface area contributed by atoms with Crippen LogP contribution in [0.2, 0.25) is 0 Å². The molecule has 1 saturated carbocycles. The van der Waals surface area contributed by atoms with E-state index in [4.69, 9.17) is 4.74 Å². The number of carbonyl (C=O) groups is 1. The number of likely N-dealkylation sites (tertiary alicyclic amines) is 1. The van der Waals surface area contributed by atoms with Crippen LogP contribution in [0.25, 0.3) is 0 Å². The quantitative estimate of drug-likeness (QED) is 0.687. The summed E-state index contributed by atoms with van der Waals surface area (Å²) in [5.74, 6) is 0. The van der Waals surface area contributed by atoms with Gasteiger partial charge in [0.15, 0.2) is 0 Å². The molecule has 4 nitrogen and oxygen atoms in total. The van der Waals surface area contributed by atoms with E-state index in [9.17, 15) is 9.90 Å². The van der Waals surface area contributed by atoms with Crippen LogP contribution >= 0.6 is 0 Å². The van der Waals surface area contributed by atoms with Crippen molar-refractivity contribution in [1.82, 2.24) is 4.90 Å². The Labute approximate surface area is 96.6 Å². The molecule has 1 spiro atoms. The fourth-order valence-corrected chi connectivity index (χ4v) is 2.65. The van der Waals surface area contributed by atoms with Crippen LogP contribution < -0.4 is 0 Å². The smallest absolute Gasteiger partial charge is 0.410 e. The molecule has 1 aliphatic carbocycles. The van der Waals surface area contributed by atoms with Gasteiger partial charge in [-0.25, -0.2) is 4.79 Å². The zero-order valence-corrected chi connectivity index (χ0v) is 10.3. The highest BCUT2D eigenvalue weighted by Crippen LogP contribution is 2.46. The van der Waals surface area contributed by atoms with Crippen molar-refractivity contribution in [1.29, 1.82) is 0 Å². The van der Waals surface area contributed by atoms with Crippen molar-refractivity contribution in [2.24, 2.45) is 0 Å². The number of nitrogens with zero attached hydrogens (tertiary/aromatic N) is 1. The Hall–Kier alpha value is -0.770. The number of hydrogen-bond donors (Lipinski definition) is 1. The third-order valence-electron chi connectivity index (χ3n) is 3.62. The molecule has 0 aromatic rings. The van der Waals surface area contributed by atoms with E-state index in [0.717, 1.165) is 19.3 Å². The first-order chi connectivity index (χ1) is 7.35. The van der Waals surface area contributed by atoms with Crippen molar-refractivity contribution in [2.75, 3.05) is 6.54 Å². The molecule has 0 unspecified atom stereocenters. The van der Waals surface area contributed by atoms with Gasteiger partial charge in [-0.1, -0.05) is 0 Å². The molecule has 0 aromatic carbocycles. The van der Waals surface area contributed by atoms with E-state index in [2.05, 4.69) is 0 Å². The van der Waals surface area contributed by atoms with E-state index in [1.54, 1.807) is 4.90 Å². The Morgan fingerprint density at radius 2 is 2.06 bits per heavy atom. The topological polar surface area (TPSA) is 49.8 Å². The average Bonchev–Trinajstić information content (AvgIpc) is 2.38. The van der Waals surface area contributed by atoms with Crippen LogP contribution in [0.1, 0.15) is 46.5 Å². The molecule has 4 heteroatoms. The summed E-state index contributed by atoms with van der Waals surface area (Å²) in [4.78, 5) is 13.7. The molecule has 2 fully saturated rings. The van der Waals surface area contributed by atoms with Crippen molar-refractivity contribution in [2.45, 2.75) is 63.7 Å². The van der Waals surface area contributed by atoms with Gasteiger partial charge in [-0.3, -0.25) is 4.90 Å². The standard InChI is InChI=1S/C12H21NO3/c1-11(2,3)16-10(15)13-8-5-9(14)12(13)6-4-7-12/h9,14H,4-8H2,1-3H3/t9-/m1/s1. The van der Waals surface area contributed by atoms with Gasteiger partial charge < -0.3 is 9.84 Å². The molecule has 0 bridgehead atoms. The molecule has 1 atom stereocenters. The van der Waals surface area contributed by atoms with Gasteiger partial charge in [0, 0.05) is 6.54 Å². The lowest BCUT2D eigenvalue weighted by molar-refractivity contribution is -0.0461. The third kappa shape index (κ3) is 1.79.